The second-order valence-corrected chi connectivity index (χ2v) is 8.86. The molecule has 9 heteroatoms. The third-order valence-electron chi connectivity index (χ3n) is 4.75. The highest BCUT2D eigenvalue weighted by atomic mass is 32.2. The minimum Gasteiger partial charge on any atom is -0.497 e. The fraction of sp³-hybridized carbons (Fsp3) is 0.208. The molecule has 174 valence electrons. The van der Waals surface area contributed by atoms with E-state index in [2.05, 4.69) is 5.32 Å². The Balaban J connectivity index is 1.83. The molecule has 0 aliphatic heterocycles. The van der Waals surface area contributed by atoms with E-state index in [1.54, 1.807) is 18.2 Å². The van der Waals surface area contributed by atoms with E-state index in [1.807, 2.05) is 13.0 Å². The van der Waals surface area contributed by atoms with E-state index in [-0.39, 0.29) is 17.1 Å². The van der Waals surface area contributed by atoms with Gasteiger partial charge >= 0.3 is 0 Å². The van der Waals surface area contributed by atoms with E-state index in [4.69, 9.17) is 9.47 Å². The van der Waals surface area contributed by atoms with Crippen LogP contribution in [0.3, 0.4) is 0 Å². The van der Waals surface area contributed by atoms with Crippen LogP contribution in [0, 0.1) is 5.82 Å². The fourth-order valence-electron chi connectivity index (χ4n) is 3.13. The van der Waals surface area contributed by atoms with Crippen molar-refractivity contribution in [3.63, 3.8) is 0 Å². The van der Waals surface area contributed by atoms with Gasteiger partial charge in [0.05, 0.1) is 24.3 Å². The number of para-hydroxylation sites is 1. The molecule has 0 aliphatic rings. The minimum absolute atomic E-state index is 0.0937. The Morgan fingerprint density at radius 1 is 1.00 bits per heavy atom. The van der Waals surface area contributed by atoms with Gasteiger partial charge < -0.3 is 14.8 Å². The van der Waals surface area contributed by atoms with E-state index in [9.17, 15) is 17.6 Å². The maximum atomic E-state index is 14.6. The maximum Gasteiger partial charge on any atom is 0.264 e. The Kier molecular flexibility index (Phi) is 7.89. The van der Waals surface area contributed by atoms with Crippen molar-refractivity contribution in [1.82, 2.24) is 5.32 Å². The van der Waals surface area contributed by atoms with Crippen molar-refractivity contribution < 1.29 is 27.1 Å². The SMILES string of the molecule is CCOc1cccc(CNC(=O)CN(c2ccccc2F)S(=O)(=O)c2ccc(OC)cc2)c1. The molecule has 0 atom stereocenters. The fourth-order valence-corrected chi connectivity index (χ4v) is 4.56. The van der Waals surface area contributed by atoms with Gasteiger partial charge in [-0.2, -0.15) is 0 Å². The molecule has 0 radical (unpaired) electrons. The molecular formula is C24H25FN2O5S. The molecule has 1 N–H and O–H groups in total. The number of ether oxygens (including phenoxy) is 2. The summed E-state index contributed by atoms with van der Waals surface area (Å²) < 4.78 is 52.5. The molecule has 0 aromatic heterocycles. The highest BCUT2D eigenvalue weighted by molar-refractivity contribution is 7.92. The van der Waals surface area contributed by atoms with E-state index in [0.29, 0.717) is 18.1 Å². The number of nitrogens with zero attached hydrogens (tertiary/aromatic N) is 1. The first-order chi connectivity index (χ1) is 15.8. The van der Waals surface area contributed by atoms with Crippen LogP contribution in [0.4, 0.5) is 10.1 Å². The molecule has 0 bridgehead atoms. The van der Waals surface area contributed by atoms with Gasteiger partial charge in [0.1, 0.15) is 23.9 Å². The zero-order valence-corrected chi connectivity index (χ0v) is 19.1. The number of halogens is 1. The molecule has 0 fully saturated rings. The quantitative estimate of drug-likeness (QED) is 0.486. The number of anilines is 1. The lowest BCUT2D eigenvalue weighted by atomic mass is 10.2. The molecule has 3 aromatic rings. The first-order valence-electron chi connectivity index (χ1n) is 10.2. The van der Waals surface area contributed by atoms with Gasteiger partial charge in [-0.1, -0.05) is 24.3 Å². The van der Waals surface area contributed by atoms with Crippen molar-refractivity contribution >= 4 is 21.6 Å². The van der Waals surface area contributed by atoms with Crippen LogP contribution in [-0.4, -0.2) is 34.6 Å². The average molecular weight is 473 g/mol. The first-order valence-corrected chi connectivity index (χ1v) is 11.7. The van der Waals surface area contributed by atoms with Gasteiger partial charge in [-0.25, -0.2) is 12.8 Å². The number of amides is 1. The Morgan fingerprint density at radius 2 is 1.73 bits per heavy atom. The first kappa shape index (κ1) is 24.1. The van der Waals surface area contributed by atoms with Crippen molar-refractivity contribution in [3.8, 4) is 11.5 Å². The summed E-state index contributed by atoms with van der Waals surface area (Å²) in [5.41, 5.74) is 0.562. The van der Waals surface area contributed by atoms with Crippen LogP contribution in [0.15, 0.2) is 77.7 Å². The monoisotopic (exact) mass is 472 g/mol. The molecule has 33 heavy (non-hydrogen) atoms. The zero-order valence-electron chi connectivity index (χ0n) is 18.3. The molecule has 0 heterocycles. The van der Waals surface area contributed by atoms with Gasteiger partial charge in [0, 0.05) is 6.54 Å². The third-order valence-corrected chi connectivity index (χ3v) is 6.53. The lowest BCUT2D eigenvalue weighted by Gasteiger charge is -2.24. The van der Waals surface area contributed by atoms with Crippen molar-refractivity contribution in [2.45, 2.75) is 18.4 Å². The number of hydrogen-bond acceptors (Lipinski definition) is 5. The standard InChI is InChI=1S/C24H25FN2O5S/c1-3-32-20-8-6-7-18(15-20)16-26-24(28)17-27(23-10-5-4-9-22(23)25)33(29,30)21-13-11-19(31-2)12-14-21/h4-15H,3,16-17H2,1-2H3,(H,26,28). The molecule has 3 aromatic carbocycles. The number of sulfonamides is 1. The van der Waals surface area contributed by atoms with Crippen LogP contribution in [-0.2, 0) is 21.4 Å². The van der Waals surface area contributed by atoms with E-state index < -0.39 is 28.3 Å². The van der Waals surface area contributed by atoms with Crippen molar-refractivity contribution in [1.29, 1.82) is 0 Å². The smallest absolute Gasteiger partial charge is 0.264 e. The zero-order chi connectivity index (χ0) is 23.8. The van der Waals surface area contributed by atoms with Crippen LogP contribution in [0.2, 0.25) is 0 Å². The van der Waals surface area contributed by atoms with Crippen LogP contribution < -0.4 is 19.1 Å². The normalized spacial score (nSPS) is 11.0. The van der Waals surface area contributed by atoms with E-state index in [0.717, 1.165) is 15.9 Å². The molecule has 0 spiro atoms. The van der Waals surface area contributed by atoms with Crippen LogP contribution in [0.1, 0.15) is 12.5 Å². The Hall–Kier alpha value is -3.59. The van der Waals surface area contributed by atoms with Gasteiger partial charge in [0.2, 0.25) is 5.91 Å². The largest absolute Gasteiger partial charge is 0.497 e. The number of hydrogen-bond donors (Lipinski definition) is 1. The minimum atomic E-state index is -4.24. The maximum absolute atomic E-state index is 14.6. The molecule has 0 saturated heterocycles. The summed E-state index contributed by atoms with van der Waals surface area (Å²) in [6, 6.07) is 18.3. The average Bonchev–Trinajstić information content (AvgIpc) is 2.82. The summed E-state index contributed by atoms with van der Waals surface area (Å²) in [5.74, 6) is -0.207. The molecular weight excluding hydrogens is 447 g/mol. The van der Waals surface area contributed by atoms with Gasteiger partial charge in [-0.3, -0.25) is 9.10 Å². The van der Waals surface area contributed by atoms with Gasteiger partial charge in [0.15, 0.2) is 0 Å². The Bertz CT molecular complexity index is 1200. The van der Waals surface area contributed by atoms with Crippen molar-refractivity contribution in [2.75, 3.05) is 24.6 Å². The molecule has 0 unspecified atom stereocenters. The summed E-state index contributed by atoms with van der Waals surface area (Å²) >= 11 is 0. The molecule has 1 amide bonds. The van der Waals surface area contributed by atoms with Gasteiger partial charge in [0.25, 0.3) is 10.0 Å². The number of nitrogens with one attached hydrogen (secondary N) is 1. The van der Waals surface area contributed by atoms with E-state index >= 15 is 0 Å². The molecule has 0 aliphatic carbocycles. The van der Waals surface area contributed by atoms with Gasteiger partial charge in [-0.15, -0.1) is 0 Å². The number of carbonyl (C=O) groups is 1. The van der Waals surface area contributed by atoms with Crippen LogP contribution in [0.5, 0.6) is 11.5 Å². The molecule has 0 saturated carbocycles. The van der Waals surface area contributed by atoms with E-state index in [1.165, 1.54) is 49.6 Å². The Labute approximate surface area is 192 Å². The topological polar surface area (TPSA) is 84.9 Å². The lowest BCUT2D eigenvalue weighted by Crippen LogP contribution is -2.41. The second-order valence-electron chi connectivity index (χ2n) is 7.00. The predicted molar refractivity (Wildman–Crippen MR) is 123 cm³/mol. The number of rotatable bonds is 10. The lowest BCUT2D eigenvalue weighted by molar-refractivity contribution is -0.119. The summed E-state index contributed by atoms with van der Waals surface area (Å²) in [6.07, 6.45) is 0. The van der Waals surface area contributed by atoms with Crippen molar-refractivity contribution in [3.05, 3.63) is 84.2 Å². The number of carbonyl (C=O) groups excluding carboxylic acids is 1. The number of benzene rings is 3. The molecule has 7 nitrogen and oxygen atoms in total. The number of methoxy groups -OCH3 is 1. The van der Waals surface area contributed by atoms with Gasteiger partial charge in [-0.05, 0) is 61.0 Å². The third kappa shape index (κ3) is 6.01. The summed E-state index contributed by atoms with van der Waals surface area (Å²) in [7, 11) is -2.77. The second kappa shape index (κ2) is 10.8. The van der Waals surface area contributed by atoms with Crippen LogP contribution in [0.25, 0.3) is 0 Å². The Morgan fingerprint density at radius 3 is 2.39 bits per heavy atom. The summed E-state index contributed by atoms with van der Waals surface area (Å²) in [6.45, 7) is 1.94. The highest BCUT2D eigenvalue weighted by Gasteiger charge is 2.29. The van der Waals surface area contributed by atoms with Crippen LogP contribution >= 0.6 is 0 Å². The summed E-state index contributed by atoms with van der Waals surface area (Å²) in [4.78, 5) is 12.6. The molecule has 3 rings (SSSR count). The predicted octanol–water partition coefficient (Wildman–Crippen LogP) is 3.74. The van der Waals surface area contributed by atoms with Crippen molar-refractivity contribution in [2.24, 2.45) is 0 Å². The summed E-state index contributed by atoms with van der Waals surface area (Å²) in [5, 5.41) is 2.69. The highest BCUT2D eigenvalue weighted by Crippen LogP contribution is 2.27.